The van der Waals surface area contributed by atoms with Crippen LogP contribution in [0, 0.1) is 6.92 Å². The molecule has 0 saturated heterocycles. The van der Waals surface area contributed by atoms with Crippen LogP contribution in [0.5, 0.6) is 0 Å². The Balaban J connectivity index is 2.19. The van der Waals surface area contributed by atoms with Crippen molar-refractivity contribution in [3.8, 4) is 16.9 Å². The highest BCUT2D eigenvalue weighted by Crippen LogP contribution is 2.27. The Bertz CT molecular complexity index is 765. The molecular weight excluding hydrogens is 286 g/mol. The van der Waals surface area contributed by atoms with E-state index in [9.17, 15) is 5.11 Å². The molecule has 4 nitrogen and oxygen atoms in total. The number of nitrogens with zero attached hydrogens (tertiary/aromatic N) is 3. The first-order chi connectivity index (χ1) is 10.2. The largest absolute Gasteiger partial charge is 0.390 e. The molecule has 0 fully saturated rings. The summed E-state index contributed by atoms with van der Waals surface area (Å²) in [6.45, 7) is 1.86. The van der Waals surface area contributed by atoms with Crippen molar-refractivity contribution >= 4 is 11.6 Å². The Hall–Kier alpha value is -2.17. The summed E-state index contributed by atoms with van der Waals surface area (Å²) in [6, 6.07) is 15.4. The molecule has 1 N–H and O–H groups in total. The second-order valence-corrected chi connectivity index (χ2v) is 5.24. The van der Waals surface area contributed by atoms with Crippen molar-refractivity contribution in [1.82, 2.24) is 15.0 Å². The van der Waals surface area contributed by atoms with E-state index in [1.165, 1.54) is 5.56 Å². The maximum absolute atomic E-state index is 9.50. The van der Waals surface area contributed by atoms with Crippen LogP contribution in [0.1, 0.15) is 11.3 Å². The molecule has 106 valence electrons. The molecule has 0 unspecified atom stereocenters. The van der Waals surface area contributed by atoms with Gasteiger partial charge in [0.1, 0.15) is 11.4 Å². The highest BCUT2D eigenvalue weighted by atomic mass is 35.5. The van der Waals surface area contributed by atoms with E-state index < -0.39 is 0 Å². The van der Waals surface area contributed by atoms with E-state index in [4.69, 9.17) is 11.6 Å². The van der Waals surface area contributed by atoms with Crippen LogP contribution in [0.25, 0.3) is 16.9 Å². The molecule has 0 atom stereocenters. The van der Waals surface area contributed by atoms with Crippen LogP contribution in [-0.2, 0) is 6.61 Å². The van der Waals surface area contributed by atoms with E-state index in [0.29, 0.717) is 10.7 Å². The first kappa shape index (κ1) is 13.8. The lowest BCUT2D eigenvalue weighted by molar-refractivity contribution is 0.277. The zero-order valence-electron chi connectivity index (χ0n) is 11.5. The van der Waals surface area contributed by atoms with Gasteiger partial charge in [0, 0.05) is 10.6 Å². The van der Waals surface area contributed by atoms with Gasteiger partial charge >= 0.3 is 0 Å². The number of hydrogen-bond donors (Lipinski definition) is 1. The summed E-state index contributed by atoms with van der Waals surface area (Å²) in [5, 5.41) is 18.4. The van der Waals surface area contributed by atoms with Crippen molar-refractivity contribution in [3.63, 3.8) is 0 Å². The van der Waals surface area contributed by atoms with Crippen LogP contribution in [0.4, 0.5) is 0 Å². The molecule has 1 aromatic heterocycles. The quantitative estimate of drug-likeness (QED) is 0.806. The van der Waals surface area contributed by atoms with Crippen LogP contribution >= 0.6 is 11.6 Å². The second-order valence-electron chi connectivity index (χ2n) is 4.80. The number of aromatic nitrogens is 3. The van der Waals surface area contributed by atoms with Crippen LogP contribution in [0.15, 0.2) is 48.5 Å². The molecule has 0 saturated carbocycles. The number of hydrogen-bond acceptors (Lipinski definition) is 3. The summed E-state index contributed by atoms with van der Waals surface area (Å²) >= 11 is 6.06. The van der Waals surface area contributed by atoms with Crippen molar-refractivity contribution in [3.05, 3.63) is 64.8 Å². The number of rotatable bonds is 3. The summed E-state index contributed by atoms with van der Waals surface area (Å²) < 4.78 is 1.72. The minimum Gasteiger partial charge on any atom is -0.390 e. The van der Waals surface area contributed by atoms with Gasteiger partial charge < -0.3 is 5.11 Å². The highest BCUT2D eigenvalue weighted by molar-refractivity contribution is 6.30. The van der Waals surface area contributed by atoms with Gasteiger partial charge in [-0.1, -0.05) is 46.6 Å². The molecule has 0 aliphatic carbocycles. The Morgan fingerprint density at radius 3 is 2.57 bits per heavy atom. The molecule has 0 spiro atoms. The molecular formula is C16H14ClN3O. The summed E-state index contributed by atoms with van der Waals surface area (Å²) in [5.41, 5.74) is 4.21. The van der Waals surface area contributed by atoms with E-state index in [0.717, 1.165) is 16.9 Å². The molecule has 0 aliphatic rings. The summed E-state index contributed by atoms with van der Waals surface area (Å²) in [4.78, 5) is 0. The van der Waals surface area contributed by atoms with E-state index in [1.54, 1.807) is 4.68 Å². The lowest BCUT2D eigenvalue weighted by Crippen LogP contribution is -2.00. The van der Waals surface area contributed by atoms with Gasteiger partial charge in [0.05, 0.1) is 12.3 Å². The Labute approximate surface area is 127 Å². The third kappa shape index (κ3) is 2.68. The van der Waals surface area contributed by atoms with E-state index >= 15 is 0 Å². The van der Waals surface area contributed by atoms with Crippen LogP contribution in [0.3, 0.4) is 0 Å². The lowest BCUT2D eigenvalue weighted by atomic mass is 10.1. The minimum absolute atomic E-state index is 0.173. The fourth-order valence-corrected chi connectivity index (χ4v) is 2.40. The second kappa shape index (κ2) is 5.68. The monoisotopic (exact) mass is 299 g/mol. The van der Waals surface area contributed by atoms with E-state index in [2.05, 4.69) is 10.3 Å². The lowest BCUT2D eigenvalue weighted by Gasteiger charge is -2.08. The topological polar surface area (TPSA) is 50.9 Å². The van der Waals surface area contributed by atoms with Crippen molar-refractivity contribution in [2.24, 2.45) is 0 Å². The summed E-state index contributed by atoms with van der Waals surface area (Å²) in [7, 11) is 0. The van der Waals surface area contributed by atoms with Crippen LogP contribution < -0.4 is 0 Å². The maximum Gasteiger partial charge on any atom is 0.117 e. The number of aryl methyl sites for hydroxylation is 1. The highest BCUT2D eigenvalue weighted by Gasteiger charge is 2.15. The van der Waals surface area contributed by atoms with Crippen molar-refractivity contribution in [1.29, 1.82) is 0 Å². The maximum atomic E-state index is 9.50. The molecule has 21 heavy (non-hydrogen) atoms. The first-order valence-electron chi connectivity index (χ1n) is 6.57. The Morgan fingerprint density at radius 1 is 1.14 bits per heavy atom. The van der Waals surface area contributed by atoms with Gasteiger partial charge in [-0.15, -0.1) is 5.10 Å². The van der Waals surface area contributed by atoms with Crippen molar-refractivity contribution < 1.29 is 5.11 Å². The minimum atomic E-state index is -0.173. The normalized spacial score (nSPS) is 10.8. The Kier molecular flexibility index (Phi) is 3.73. The van der Waals surface area contributed by atoms with E-state index in [-0.39, 0.29) is 6.61 Å². The standard InChI is InChI=1S/C16H14ClN3O/c1-11-5-7-14(8-6-11)20-16(15(10-21)18-19-20)12-3-2-4-13(17)9-12/h2-9,21H,10H2,1H3. The molecule has 3 aromatic rings. The van der Waals surface area contributed by atoms with Crippen molar-refractivity contribution in [2.45, 2.75) is 13.5 Å². The molecule has 2 aromatic carbocycles. The smallest absolute Gasteiger partial charge is 0.117 e. The predicted octanol–water partition coefficient (Wildman–Crippen LogP) is 3.39. The van der Waals surface area contributed by atoms with Gasteiger partial charge in [-0.2, -0.15) is 0 Å². The third-order valence-corrected chi connectivity index (χ3v) is 3.50. The molecule has 1 heterocycles. The average molecular weight is 300 g/mol. The summed E-state index contributed by atoms with van der Waals surface area (Å²) in [6.07, 6.45) is 0. The zero-order chi connectivity index (χ0) is 14.8. The number of aliphatic hydroxyl groups is 1. The van der Waals surface area contributed by atoms with Crippen molar-refractivity contribution in [2.75, 3.05) is 0 Å². The molecule has 3 rings (SSSR count). The van der Waals surface area contributed by atoms with Gasteiger partial charge in [-0.25, -0.2) is 4.68 Å². The fourth-order valence-electron chi connectivity index (χ4n) is 2.21. The Morgan fingerprint density at radius 2 is 1.90 bits per heavy atom. The number of aliphatic hydroxyl groups excluding tert-OH is 1. The predicted molar refractivity (Wildman–Crippen MR) is 82.5 cm³/mol. The number of benzene rings is 2. The molecule has 0 amide bonds. The van der Waals surface area contributed by atoms with Crippen LogP contribution in [-0.4, -0.2) is 20.1 Å². The van der Waals surface area contributed by atoms with Gasteiger partial charge in [0.15, 0.2) is 0 Å². The molecule has 5 heteroatoms. The van der Waals surface area contributed by atoms with Gasteiger partial charge in [0.2, 0.25) is 0 Å². The van der Waals surface area contributed by atoms with Gasteiger partial charge in [0.25, 0.3) is 0 Å². The van der Waals surface area contributed by atoms with Gasteiger partial charge in [-0.05, 0) is 31.2 Å². The molecule has 0 bridgehead atoms. The third-order valence-electron chi connectivity index (χ3n) is 3.27. The zero-order valence-corrected chi connectivity index (χ0v) is 12.2. The van der Waals surface area contributed by atoms with Crippen LogP contribution in [0.2, 0.25) is 5.02 Å². The van der Waals surface area contributed by atoms with Gasteiger partial charge in [-0.3, -0.25) is 0 Å². The molecule has 0 aliphatic heterocycles. The fraction of sp³-hybridized carbons (Fsp3) is 0.125. The SMILES string of the molecule is Cc1ccc(-n2nnc(CO)c2-c2cccc(Cl)c2)cc1. The summed E-state index contributed by atoms with van der Waals surface area (Å²) in [5.74, 6) is 0. The first-order valence-corrected chi connectivity index (χ1v) is 6.95. The van der Waals surface area contributed by atoms with E-state index in [1.807, 2.05) is 55.5 Å². The number of halogens is 1. The molecule has 0 radical (unpaired) electrons. The average Bonchev–Trinajstić information content (AvgIpc) is 2.92.